The van der Waals surface area contributed by atoms with E-state index in [-0.39, 0.29) is 0 Å². The van der Waals surface area contributed by atoms with E-state index in [1.807, 2.05) is 0 Å². The second-order valence-corrected chi connectivity index (χ2v) is 10.0. The third-order valence-corrected chi connectivity index (χ3v) is 7.58. The lowest BCUT2D eigenvalue weighted by Crippen LogP contribution is -2.46. The molecule has 1 aliphatic rings. The fraction of sp³-hybridized carbons (Fsp3) is 0.357. The predicted octanol–water partition coefficient (Wildman–Crippen LogP) is 5.27. The van der Waals surface area contributed by atoms with E-state index in [4.69, 9.17) is 9.47 Å². The number of anilines is 1. The molecule has 5 rings (SSSR count). The van der Waals surface area contributed by atoms with Crippen LogP contribution in [0, 0.1) is 0 Å². The number of aromatic amines is 1. The van der Waals surface area contributed by atoms with Crippen LogP contribution >= 0.6 is 11.8 Å². The number of para-hydroxylation sites is 1. The minimum atomic E-state index is 0.497. The summed E-state index contributed by atoms with van der Waals surface area (Å²) in [6.45, 7) is 5.52. The van der Waals surface area contributed by atoms with E-state index in [1.54, 1.807) is 20.3 Å². The normalized spacial score (nSPS) is 14.3. The Kier molecular flexibility index (Phi) is 7.93. The number of hydrogen-bond donors (Lipinski definition) is 1. The zero-order valence-corrected chi connectivity index (χ0v) is 21.8. The molecule has 0 saturated carbocycles. The molecule has 8 heteroatoms. The molecule has 0 unspecified atom stereocenters. The van der Waals surface area contributed by atoms with Gasteiger partial charge in [0.15, 0.2) is 5.16 Å². The van der Waals surface area contributed by atoms with Crippen LogP contribution in [0.4, 0.5) is 5.69 Å². The first kappa shape index (κ1) is 24.5. The lowest BCUT2D eigenvalue weighted by Gasteiger charge is -2.36. The average molecular weight is 504 g/mol. The summed E-state index contributed by atoms with van der Waals surface area (Å²) >= 11 is 1.50. The van der Waals surface area contributed by atoms with Crippen LogP contribution in [-0.4, -0.2) is 66.8 Å². The van der Waals surface area contributed by atoms with Gasteiger partial charge in [0.25, 0.3) is 0 Å². The van der Waals surface area contributed by atoms with Gasteiger partial charge in [-0.1, -0.05) is 18.2 Å². The first-order valence-electron chi connectivity index (χ1n) is 12.5. The molecular formula is C28H33N5O2S. The Bertz CT molecular complexity index is 1250. The summed E-state index contributed by atoms with van der Waals surface area (Å²) in [7, 11) is 3.19. The third kappa shape index (κ3) is 5.94. The van der Waals surface area contributed by atoms with E-state index in [0.717, 1.165) is 37.5 Å². The lowest BCUT2D eigenvalue weighted by atomic mass is 10.1. The van der Waals surface area contributed by atoms with Crippen molar-refractivity contribution in [2.24, 2.45) is 0 Å². The Balaban J connectivity index is 1.07. The summed E-state index contributed by atoms with van der Waals surface area (Å²) < 4.78 is 10.5. The van der Waals surface area contributed by atoms with Gasteiger partial charge in [-0.25, -0.2) is 0 Å². The molecular weight excluding hydrogens is 470 g/mol. The van der Waals surface area contributed by atoms with Gasteiger partial charge in [0, 0.05) is 53.9 Å². The van der Waals surface area contributed by atoms with Gasteiger partial charge in [-0.15, -0.1) is 0 Å². The Morgan fingerprint density at radius 1 is 0.889 bits per heavy atom. The molecule has 2 aromatic carbocycles. The summed E-state index contributed by atoms with van der Waals surface area (Å²) in [5, 5.41) is 1.98. The minimum absolute atomic E-state index is 0.497. The number of piperazine rings is 1. The largest absolute Gasteiger partial charge is 0.481 e. The fourth-order valence-corrected chi connectivity index (χ4v) is 5.44. The molecule has 3 heterocycles. The van der Waals surface area contributed by atoms with Gasteiger partial charge >= 0.3 is 0 Å². The highest BCUT2D eigenvalue weighted by atomic mass is 32.2. The zero-order chi connectivity index (χ0) is 24.7. The maximum Gasteiger partial charge on any atom is 0.220 e. The number of hydrogen-bond acceptors (Lipinski definition) is 7. The summed E-state index contributed by atoms with van der Waals surface area (Å²) in [4.78, 5) is 18.4. The maximum atomic E-state index is 5.25. The maximum absolute atomic E-state index is 5.25. The van der Waals surface area contributed by atoms with Crippen molar-refractivity contribution < 1.29 is 9.47 Å². The molecule has 4 aromatic rings. The van der Waals surface area contributed by atoms with E-state index >= 15 is 0 Å². The van der Waals surface area contributed by atoms with Crippen molar-refractivity contribution in [3.05, 3.63) is 66.4 Å². The van der Waals surface area contributed by atoms with Crippen LogP contribution in [0.5, 0.6) is 11.8 Å². The Labute approximate surface area is 216 Å². The highest BCUT2D eigenvalue weighted by molar-refractivity contribution is 7.99. The number of fused-ring (bicyclic) bond motifs is 1. The fourth-order valence-electron chi connectivity index (χ4n) is 4.69. The molecule has 0 radical (unpaired) electrons. The highest BCUT2D eigenvalue weighted by Crippen LogP contribution is 2.30. The van der Waals surface area contributed by atoms with E-state index < -0.39 is 0 Å². The number of ether oxygens (including phenoxy) is 2. The van der Waals surface area contributed by atoms with Crippen LogP contribution in [0.1, 0.15) is 18.4 Å². The number of H-pyrrole nitrogens is 1. The van der Waals surface area contributed by atoms with Gasteiger partial charge in [-0.3, -0.25) is 4.90 Å². The van der Waals surface area contributed by atoms with Gasteiger partial charge in [-0.05, 0) is 73.5 Å². The van der Waals surface area contributed by atoms with E-state index in [1.165, 1.54) is 53.3 Å². The molecule has 188 valence electrons. The second-order valence-electron chi connectivity index (χ2n) is 8.98. The number of aromatic nitrogens is 3. The zero-order valence-electron chi connectivity index (χ0n) is 20.9. The van der Waals surface area contributed by atoms with Crippen LogP contribution in [-0.2, 0) is 6.42 Å². The Morgan fingerprint density at radius 3 is 2.33 bits per heavy atom. The van der Waals surface area contributed by atoms with Crippen molar-refractivity contribution >= 4 is 28.4 Å². The molecule has 7 nitrogen and oxygen atoms in total. The van der Waals surface area contributed by atoms with Crippen LogP contribution < -0.4 is 14.4 Å². The molecule has 2 aromatic heterocycles. The Morgan fingerprint density at radius 2 is 1.61 bits per heavy atom. The molecule has 0 atom stereocenters. The van der Waals surface area contributed by atoms with Crippen molar-refractivity contribution in [3.8, 4) is 11.8 Å². The van der Waals surface area contributed by atoms with E-state index in [0.29, 0.717) is 16.9 Å². The van der Waals surface area contributed by atoms with Crippen molar-refractivity contribution in [3.63, 3.8) is 0 Å². The van der Waals surface area contributed by atoms with Crippen molar-refractivity contribution in [2.75, 3.05) is 51.8 Å². The van der Waals surface area contributed by atoms with Gasteiger partial charge in [0.1, 0.15) is 0 Å². The number of nitrogens with one attached hydrogen (secondary N) is 1. The molecule has 0 amide bonds. The van der Waals surface area contributed by atoms with Crippen molar-refractivity contribution in [1.82, 2.24) is 19.9 Å². The monoisotopic (exact) mass is 503 g/mol. The number of nitrogens with zero attached hydrogens (tertiary/aromatic N) is 4. The summed E-state index contributed by atoms with van der Waals surface area (Å²) in [5.41, 5.74) is 3.95. The smallest absolute Gasteiger partial charge is 0.220 e. The quantitative estimate of drug-likeness (QED) is 0.234. The number of methoxy groups -OCH3 is 2. The topological polar surface area (TPSA) is 66.5 Å². The van der Waals surface area contributed by atoms with Gasteiger partial charge in [0.05, 0.1) is 20.3 Å². The first-order chi connectivity index (χ1) is 17.7. The molecule has 1 fully saturated rings. The van der Waals surface area contributed by atoms with Gasteiger partial charge < -0.3 is 19.4 Å². The standard InChI is InChI=1S/C28H33N5O2S/c1-34-26-19-27(35-2)31-28(30-26)36-23-12-10-22(11-13-23)33-17-15-32(16-18-33)14-6-5-7-21-20-29-25-9-4-3-8-24(21)25/h3-4,8-13,19-20,29H,5-7,14-18H2,1-2H3. The van der Waals surface area contributed by atoms with Crippen LogP contribution in [0.15, 0.2) is 70.8 Å². The first-order valence-corrected chi connectivity index (χ1v) is 13.3. The summed E-state index contributed by atoms with van der Waals surface area (Å²) in [5.74, 6) is 0.994. The minimum Gasteiger partial charge on any atom is -0.481 e. The average Bonchev–Trinajstić information content (AvgIpc) is 3.35. The van der Waals surface area contributed by atoms with E-state index in [2.05, 4.69) is 79.5 Å². The number of unbranched alkanes of at least 4 members (excludes halogenated alkanes) is 1. The number of benzene rings is 2. The molecule has 1 N–H and O–H groups in total. The molecule has 0 aliphatic carbocycles. The number of aryl methyl sites for hydroxylation is 1. The molecule has 1 saturated heterocycles. The number of rotatable bonds is 10. The lowest BCUT2D eigenvalue weighted by molar-refractivity contribution is 0.253. The third-order valence-electron chi connectivity index (χ3n) is 6.71. The van der Waals surface area contributed by atoms with E-state index in [9.17, 15) is 0 Å². The van der Waals surface area contributed by atoms with Crippen molar-refractivity contribution in [1.29, 1.82) is 0 Å². The van der Waals surface area contributed by atoms with Crippen LogP contribution in [0.2, 0.25) is 0 Å². The summed E-state index contributed by atoms with van der Waals surface area (Å²) in [6.07, 6.45) is 5.78. The molecule has 0 spiro atoms. The van der Waals surface area contributed by atoms with Crippen LogP contribution in [0.3, 0.4) is 0 Å². The summed E-state index contributed by atoms with van der Waals surface area (Å²) in [6, 6.07) is 18.9. The predicted molar refractivity (Wildman–Crippen MR) is 146 cm³/mol. The second kappa shape index (κ2) is 11.7. The molecule has 1 aliphatic heterocycles. The van der Waals surface area contributed by atoms with Crippen molar-refractivity contribution in [2.45, 2.75) is 29.3 Å². The SMILES string of the molecule is COc1cc(OC)nc(Sc2ccc(N3CCN(CCCCc4c[nH]c5ccccc45)CC3)cc2)n1. The van der Waals surface area contributed by atoms with Gasteiger partial charge in [-0.2, -0.15) is 9.97 Å². The van der Waals surface area contributed by atoms with Gasteiger partial charge in [0.2, 0.25) is 11.8 Å². The molecule has 0 bridgehead atoms. The van der Waals surface area contributed by atoms with Crippen LogP contribution in [0.25, 0.3) is 10.9 Å². The molecule has 36 heavy (non-hydrogen) atoms. The Hall–Kier alpha value is -3.23. The highest BCUT2D eigenvalue weighted by Gasteiger charge is 2.17.